The van der Waals surface area contributed by atoms with Gasteiger partial charge in [0, 0.05) is 27.8 Å². The second-order valence-electron chi connectivity index (χ2n) is 4.01. The second kappa shape index (κ2) is 6.19. The summed E-state index contributed by atoms with van der Waals surface area (Å²) in [7, 11) is 0. The summed E-state index contributed by atoms with van der Waals surface area (Å²) in [5.74, 6) is -0.860. The topological polar surface area (TPSA) is 55.2 Å². The predicted octanol–water partition coefficient (Wildman–Crippen LogP) is 4.76. The molecule has 0 saturated heterocycles. The zero-order valence-corrected chi connectivity index (χ0v) is 12.4. The monoisotopic (exact) mass is 358 g/mol. The second-order valence-corrected chi connectivity index (χ2v) is 5.34. The van der Waals surface area contributed by atoms with Gasteiger partial charge in [0.1, 0.15) is 0 Å². The highest BCUT2D eigenvalue weighted by Crippen LogP contribution is 2.24. The van der Waals surface area contributed by atoms with Crippen molar-refractivity contribution < 1.29 is 9.31 Å². The summed E-state index contributed by atoms with van der Waals surface area (Å²) in [6.07, 6.45) is 0. The van der Waals surface area contributed by atoms with Crippen LogP contribution in [0.4, 0.5) is 15.8 Å². The van der Waals surface area contributed by atoms with Gasteiger partial charge in [-0.15, -0.1) is 0 Å². The summed E-state index contributed by atoms with van der Waals surface area (Å²) in [5.41, 5.74) is 0.720. The molecular formula is C13H9BrClFN2O2. The Labute approximate surface area is 127 Å². The number of rotatable bonds is 4. The summed E-state index contributed by atoms with van der Waals surface area (Å²) < 4.78 is 14.1. The molecule has 20 heavy (non-hydrogen) atoms. The van der Waals surface area contributed by atoms with E-state index >= 15 is 0 Å². The van der Waals surface area contributed by atoms with Crippen molar-refractivity contribution in [2.75, 3.05) is 5.32 Å². The maximum absolute atomic E-state index is 13.2. The Morgan fingerprint density at radius 2 is 2.05 bits per heavy atom. The van der Waals surface area contributed by atoms with Crippen LogP contribution in [0.2, 0.25) is 5.02 Å². The molecule has 0 aromatic heterocycles. The molecule has 0 aliphatic rings. The van der Waals surface area contributed by atoms with Crippen molar-refractivity contribution in [1.82, 2.24) is 0 Å². The van der Waals surface area contributed by atoms with Crippen molar-refractivity contribution in [3.05, 3.63) is 67.4 Å². The zero-order valence-electron chi connectivity index (χ0n) is 10.1. The van der Waals surface area contributed by atoms with Crippen LogP contribution in [0, 0.1) is 15.9 Å². The molecule has 0 unspecified atom stereocenters. The highest BCUT2D eigenvalue weighted by atomic mass is 79.9. The van der Waals surface area contributed by atoms with Crippen LogP contribution in [0.15, 0.2) is 40.9 Å². The minimum Gasteiger partial charge on any atom is -0.381 e. The van der Waals surface area contributed by atoms with Crippen LogP contribution in [0.1, 0.15) is 5.56 Å². The van der Waals surface area contributed by atoms with Crippen LogP contribution >= 0.6 is 27.5 Å². The Hall–Kier alpha value is -1.66. The van der Waals surface area contributed by atoms with Gasteiger partial charge in [0.2, 0.25) is 5.82 Å². The van der Waals surface area contributed by atoms with Crippen LogP contribution in [-0.2, 0) is 6.54 Å². The molecule has 0 atom stereocenters. The number of hydrogen-bond donors (Lipinski definition) is 1. The minimum absolute atomic E-state index is 0.376. The molecule has 0 saturated carbocycles. The predicted molar refractivity (Wildman–Crippen MR) is 79.5 cm³/mol. The van der Waals surface area contributed by atoms with Gasteiger partial charge in [-0.05, 0) is 35.9 Å². The average molecular weight is 360 g/mol. The van der Waals surface area contributed by atoms with Crippen molar-refractivity contribution in [1.29, 1.82) is 0 Å². The third-order valence-corrected chi connectivity index (χ3v) is 3.50. The van der Waals surface area contributed by atoms with Gasteiger partial charge in [-0.3, -0.25) is 10.1 Å². The summed E-state index contributed by atoms with van der Waals surface area (Å²) in [4.78, 5) is 9.90. The summed E-state index contributed by atoms with van der Waals surface area (Å²) >= 11 is 9.38. The Morgan fingerprint density at radius 3 is 2.75 bits per heavy atom. The van der Waals surface area contributed by atoms with Crippen LogP contribution in [-0.4, -0.2) is 4.92 Å². The molecule has 1 N–H and O–H groups in total. The first kappa shape index (κ1) is 14.7. The molecule has 0 bridgehead atoms. The standard InChI is InChI=1S/C13H9BrClFN2O2/c14-9-1-3-11(15)8(5-9)7-17-10-2-4-12(16)13(6-10)18(19)20/h1-6,17H,7H2. The van der Waals surface area contributed by atoms with E-state index in [1.807, 2.05) is 12.1 Å². The molecular weight excluding hydrogens is 351 g/mol. The van der Waals surface area contributed by atoms with Crippen molar-refractivity contribution in [2.24, 2.45) is 0 Å². The quantitative estimate of drug-likeness (QED) is 0.632. The number of anilines is 1. The molecule has 0 aliphatic carbocycles. The fraction of sp³-hybridized carbons (Fsp3) is 0.0769. The number of halogens is 3. The normalized spacial score (nSPS) is 10.3. The van der Waals surface area contributed by atoms with Crippen molar-refractivity contribution in [2.45, 2.75) is 6.54 Å². The van der Waals surface area contributed by atoms with Gasteiger partial charge in [0.25, 0.3) is 0 Å². The Kier molecular flexibility index (Phi) is 4.57. The van der Waals surface area contributed by atoms with E-state index in [0.29, 0.717) is 17.3 Å². The summed E-state index contributed by atoms with van der Waals surface area (Å²) in [5, 5.41) is 14.2. The van der Waals surface area contributed by atoms with Crippen molar-refractivity contribution >= 4 is 38.9 Å². The average Bonchev–Trinajstić information content (AvgIpc) is 2.41. The van der Waals surface area contributed by atoms with Crippen LogP contribution < -0.4 is 5.32 Å². The molecule has 2 aromatic carbocycles. The van der Waals surface area contributed by atoms with E-state index in [1.165, 1.54) is 6.07 Å². The molecule has 0 heterocycles. The van der Waals surface area contributed by atoms with Crippen molar-refractivity contribution in [3.8, 4) is 0 Å². The zero-order chi connectivity index (χ0) is 14.7. The fourth-order valence-corrected chi connectivity index (χ4v) is 2.23. The van der Waals surface area contributed by atoms with Gasteiger partial charge >= 0.3 is 5.69 Å². The molecule has 0 fully saturated rings. The van der Waals surface area contributed by atoms with Gasteiger partial charge in [-0.2, -0.15) is 4.39 Å². The molecule has 0 aliphatic heterocycles. The van der Waals surface area contributed by atoms with Crippen molar-refractivity contribution in [3.63, 3.8) is 0 Å². The number of nitrogens with one attached hydrogen (secondary N) is 1. The van der Waals surface area contributed by atoms with Gasteiger partial charge in [-0.25, -0.2) is 0 Å². The SMILES string of the molecule is O=[N+]([O-])c1cc(NCc2cc(Br)ccc2Cl)ccc1F. The number of nitro benzene ring substituents is 1. The van der Waals surface area contributed by atoms with E-state index in [9.17, 15) is 14.5 Å². The highest BCUT2D eigenvalue weighted by Gasteiger charge is 2.14. The fourth-order valence-electron chi connectivity index (χ4n) is 1.64. The Morgan fingerprint density at radius 1 is 1.30 bits per heavy atom. The molecule has 104 valence electrons. The third kappa shape index (κ3) is 3.46. The number of hydrogen-bond acceptors (Lipinski definition) is 3. The van der Waals surface area contributed by atoms with Crippen LogP contribution in [0.5, 0.6) is 0 Å². The maximum atomic E-state index is 13.2. The third-order valence-electron chi connectivity index (χ3n) is 2.63. The van der Waals surface area contributed by atoms with E-state index < -0.39 is 16.4 Å². The van der Waals surface area contributed by atoms with E-state index in [-0.39, 0.29) is 0 Å². The van der Waals surface area contributed by atoms with E-state index in [4.69, 9.17) is 11.6 Å². The molecule has 0 radical (unpaired) electrons. The number of nitrogens with zero attached hydrogens (tertiary/aromatic N) is 1. The molecule has 2 aromatic rings. The smallest absolute Gasteiger partial charge is 0.306 e. The lowest BCUT2D eigenvalue weighted by molar-refractivity contribution is -0.387. The summed E-state index contributed by atoms with van der Waals surface area (Å²) in [6, 6.07) is 9.05. The molecule has 7 heteroatoms. The Balaban J connectivity index is 2.17. The lowest BCUT2D eigenvalue weighted by Gasteiger charge is -2.08. The number of benzene rings is 2. The lowest BCUT2D eigenvalue weighted by atomic mass is 10.2. The summed E-state index contributed by atoms with van der Waals surface area (Å²) in [6.45, 7) is 0.376. The molecule has 0 spiro atoms. The molecule has 0 amide bonds. The Bertz CT molecular complexity index is 667. The molecule has 4 nitrogen and oxygen atoms in total. The van der Waals surface area contributed by atoms with Gasteiger partial charge in [-0.1, -0.05) is 27.5 Å². The van der Waals surface area contributed by atoms with Gasteiger partial charge in [0.05, 0.1) is 4.92 Å². The first-order valence-corrected chi connectivity index (χ1v) is 6.76. The first-order chi connectivity index (χ1) is 9.47. The largest absolute Gasteiger partial charge is 0.381 e. The first-order valence-electron chi connectivity index (χ1n) is 5.59. The van der Waals surface area contributed by atoms with Crippen LogP contribution in [0.3, 0.4) is 0 Å². The minimum atomic E-state index is -0.860. The van der Waals surface area contributed by atoms with Gasteiger partial charge < -0.3 is 5.32 Å². The number of nitro groups is 1. The highest BCUT2D eigenvalue weighted by molar-refractivity contribution is 9.10. The lowest BCUT2D eigenvalue weighted by Crippen LogP contribution is -2.01. The van der Waals surface area contributed by atoms with E-state index in [0.717, 1.165) is 22.2 Å². The maximum Gasteiger partial charge on any atom is 0.306 e. The van der Waals surface area contributed by atoms with E-state index in [1.54, 1.807) is 6.07 Å². The van der Waals surface area contributed by atoms with Crippen LogP contribution in [0.25, 0.3) is 0 Å². The van der Waals surface area contributed by atoms with E-state index in [2.05, 4.69) is 21.2 Å². The molecule has 2 rings (SSSR count). The van der Waals surface area contributed by atoms with Gasteiger partial charge in [0.15, 0.2) is 0 Å².